The van der Waals surface area contributed by atoms with Crippen LogP contribution < -0.4 is 9.30 Å². The third-order valence-corrected chi connectivity index (χ3v) is 5.45. The molecule has 1 N–H and O–H groups in total. The van der Waals surface area contributed by atoms with Crippen LogP contribution >= 0.6 is 15.9 Å². The van der Waals surface area contributed by atoms with Crippen molar-refractivity contribution in [1.82, 2.24) is 0 Å². The van der Waals surface area contributed by atoms with E-state index in [0.717, 1.165) is 23.0 Å². The molecule has 2 rings (SSSR count). The quantitative estimate of drug-likeness (QED) is 0.220. The summed E-state index contributed by atoms with van der Waals surface area (Å²) in [5, 5.41) is 10.8. The van der Waals surface area contributed by atoms with Crippen molar-refractivity contribution in [2.24, 2.45) is 0 Å². The first-order valence-electron chi connectivity index (χ1n) is 10.3. The van der Waals surface area contributed by atoms with E-state index in [2.05, 4.69) is 51.1 Å². The number of hydrogen-bond acceptors (Lipinski definition) is 2. The third-order valence-electron chi connectivity index (χ3n) is 4.89. The molecule has 0 fully saturated rings. The van der Waals surface area contributed by atoms with Crippen LogP contribution in [0.5, 0.6) is 11.5 Å². The van der Waals surface area contributed by atoms with Crippen molar-refractivity contribution >= 4 is 28.1 Å². The number of benzene rings is 1. The first-order valence-corrected chi connectivity index (χ1v) is 11.5. The Morgan fingerprint density at radius 2 is 1.46 bits per heavy atom. The van der Waals surface area contributed by atoms with Crippen molar-refractivity contribution in [2.45, 2.75) is 57.9 Å². The maximum absolute atomic E-state index is 9.66. The molecular weight excluding hydrogens is 414 g/mol. The number of phenolic OH excluding ortho intramolecular Hbond substituents is 1. The molecule has 4 heteroatoms. The van der Waals surface area contributed by atoms with Gasteiger partial charge in [-0.15, -0.1) is 0 Å². The normalized spacial score (nSPS) is 11.2. The Morgan fingerprint density at radius 1 is 0.857 bits per heavy atom. The van der Waals surface area contributed by atoms with E-state index in [1.807, 2.05) is 18.2 Å². The molecule has 0 spiro atoms. The minimum absolute atomic E-state index is 0.162. The lowest BCUT2D eigenvalue weighted by molar-refractivity contribution is -0.697. The number of hydrogen-bond donors (Lipinski definition) is 1. The molecule has 152 valence electrons. The van der Waals surface area contributed by atoms with Crippen molar-refractivity contribution < 1.29 is 14.4 Å². The van der Waals surface area contributed by atoms with Gasteiger partial charge in [-0.2, -0.15) is 0 Å². The predicted molar refractivity (Wildman–Crippen MR) is 121 cm³/mol. The molecule has 0 aliphatic rings. The molecule has 0 bridgehead atoms. The Morgan fingerprint density at radius 3 is 2.11 bits per heavy atom. The molecule has 28 heavy (non-hydrogen) atoms. The second-order valence-electron chi connectivity index (χ2n) is 7.15. The summed E-state index contributed by atoms with van der Waals surface area (Å²) in [4.78, 5) is 0. The number of halogens is 1. The number of rotatable bonds is 13. The summed E-state index contributed by atoms with van der Waals surface area (Å²) in [6.45, 7) is 1.09. The molecule has 0 saturated carbocycles. The highest BCUT2D eigenvalue weighted by molar-refractivity contribution is 9.09. The maximum Gasteiger partial charge on any atom is 0.169 e. The lowest BCUT2D eigenvalue weighted by Crippen LogP contribution is -2.32. The van der Waals surface area contributed by atoms with Crippen LogP contribution in [0.2, 0.25) is 0 Å². The van der Waals surface area contributed by atoms with Gasteiger partial charge in [0, 0.05) is 23.9 Å². The summed E-state index contributed by atoms with van der Waals surface area (Å²) >= 11 is 3.49. The first-order chi connectivity index (χ1) is 13.7. The maximum atomic E-state index is 9.66. The van der Waals surface area contributed by atoms with Gasteiger partial charge in [-0.25, -0.2) is 4.57 Å². The van der Waals surface area contributed by atoms with E-state index < -0.39 is 0 Å². The molecule has 1 aromatic heterocycles. The molecule has 0 amide bonds. The smallest absolute Gasteiger partial charge is 0.169 e. The number of unbranched alkanes of at least 4 members (excludes halogenated alkanes) is 7. The van der Waals surface area contributed by atoms with Crippen LogP contribution in [0.25, 0.3) is 12.2 Å². The largest absolute Gasteiger partial charge is 0.504 e. The fourth-order valence-corrected chi connectivity index (χ4v) is 3.57. The van der Waals surface area contributed by atoms with Gasteiger partial charge in [0.1, 0.15) is 6.54 Å². The van der Waals surface area contributed by atoms with Crippen molar-refractivity contribution in [3.63, 3.8) is 0 Å². The zero-order chi connectivity index (χ0) is 20.0. The molecule has 2 aromatic rings. The van der Waals surface area contributed by atoms with E-state index >= 15 is 0 Å². The van der Waals surface area contributed by atoms with E-state index in [1.54, 1.807) is 13.2 Å². The van der Waals surface area contributed by atoms with E-state index in [-0.39, 0.29) is 5.75 Å². The minimum Gasteiger partial charge on any atom is -0.504 e. The molecule has 0 radical (unpaired) electrons. The van der Waals surface area contributed by atoms with Crippen molar-refractivity contribution in [3.8, 4) is 11.5 Å². The Hall–Kier alpha value is -1.81. The van der Waals surface area contributed by atoms with Gasteiger partial charge in [0.2, 0.25) is 0 Å². The van der Waals surface area contributed by atoms with E-state index in [9.17, 15) is 5.11 Å². The summed E-state index contributed by atoms with van der Waals surface area (Å²) < 4.78 is 7.41. The van der Waals surface area contributed by atoms with Crippen LogP contribution in [0.1, 0.15) is 62.5 Å². The summed E-state index contributed by atoms with van der Waals surface area (Å²) in [6.07, 6.45) is 19.1. The van der Waals surface area contributed by atoms with Crippen molar-refractivity contribution in [3.05, 3.63) is 53.9 Å². The second-order valence-corrected chi connectivity index (χ2v) is 7.94. The highest BCUT2D eigenvalue weighted by Gasteiger charge is 2.02. The standard InChI is InChI=1S/C24H32BrNO2/c1-28-24-20-22(12-13-23(24)27)11-10-21-14-18-26(19-15-21)17-9-7-5-3-2-4-6-8-16-25/h10-15,18-20H,2-9,16-17H2,1H3/p+1. The molecule has 0 atom stereocenters. The van der Waals surface area contributed by atoms with Gasteiger partial charge in [0.25, 0.3) is 0 Å². The van der Waals surface area contributed by atoms with Crippen LogP contribution in [-0.4, -0.2) is 17.5 Å². The van der Waals surface area contributed by atoms with Crippen LogP contribution in [0, 0.1) is 0 Å². The number of aryl methyl sites for hydroxylation is 1. The number of pyridine rings is 1. The van der Waals surface area contributed by atoms with E-state index in [4.69, 9.17) is 4.74 Å². The zero-order valence-electron chi connectivity index (χ0n) is 16.9. The fourth-order valence-electron chi connectivity index (χ4n) is 3.17. The SMILES string of the molecule is COc1cc(/C=C/c2cc[n+](CCCCCCCCCCBr)cc2)ccc1O. The monoisotopic (exact) mass is 446 g/mol. The van der Waals surface area contributed by atoms with Gasteiger partial charge in [0.05, 0.1) is 7.11 Å². The number of alkyl halides is 1. The summed E-state index contributed by atoms with van der Waals surface area (Å²) in [6, 6.07) is 9.63. The summed E-state index contributed by atoms with van der Waals surface area (Å²) in [5.74, 6) is 0.655. The summed E-state index contributed by atoms with van der Waals surface area (Å²) in [5.41, 5.74) is 2.16. The highest BCUT2D eigenvalue weighted by atomic mass is 79.9. The molecule has 0 aliphatic heterocycles. The number of nitrogens with zero attached hydrogens (tertiary/aromatic N) is 1. The topological polar surface area (TPSA) is 33.3 Å². The molecule has 1 heterocycles. The molecule has 0 unspecified atom stereocenters. The Bertz CT molecular complexity index is 713. The molecule has 0 saturated heterocycles. The number of methoxy groups -OCH3 is 1. The van der Waals surface area contributed by atoms with Gasteiger partial charge in [-0.05, 0) is 36.1 Å². The van der Waals surface area contributed by atoms with Crippen LogP contribution in [0.4, 0.5) is 0 Å². The van der Waals surface area contributed by atoms with Crippen molar-refractivity contribution in [1.29, 1.82) is 0 Å². The van der Waals surface area contributed by atoms with Gasteiger partial charge in [0.15, 0.2) is 23.9 Å². The number of phenols is 1. The third kappa shape index (κ3) is 8.47. The average molecular weight is 447 g/mol. The molecule has 1 aromatic carbocycles. The second kappa shape index (κ2) is 13.4. The van der Waals surface area contributed by atoms with Gasteiger partial charge < -0.3 is 9.84 Å². The van der Waals surface area contributed by atoms with E-state index in [1.165, 1.54) is 51.4 Å². The predicted octanol–water partition coefficient (Wildman–Crippen LogP) is 6.37. The Labute approximate surface area is 178 Å². The lowest BCUT2D eigenvalue weighted by Gasteiger charge is -2.03. The fraction of sp³-hybridized carbons (Fsp3) is 0.458. The van der Waals surface area contributed by atoms with Gasteiger partial charge in [-0.3, -0.25) is 0 Å². The van der Waals surface area contributed by atoms with Crippen LogP contribution in [0.3, 0.4) is 0 Å². The van der Waals surface area contributed by atoms with Crippen molar-refractivity contribution in [2.75, 3.05) is 12.4 Å². The summed E-state index contributed by atoms with van der Waals surface area (Å²) in [7, 11) is 1.56. The van der Waals surface area contributed by atoms with E-state index in [0.29, 0.717) is 5.75 Å². The lowest BCUT2D eigenvalue weighted by atomic mass is 10.1. The number of aromatic nitrogens is 1. The van der Waals surface area contributed by atoms with Crippen LogP contribution in [0.15, 0.2) is 42.7 Å². The highest BCUT2D eigenvalue weighted by Crippen LogP contribution is 2.27. The first kappa shape index (κ1) is 22.5. The zero-order valence-corrected chi connectivity index (χ0v) is 18.5. The van der Waals surface area contributed by atoms with Gasteiger partial charge >= 0.3 is 0 Å². The molecule has 3 nitrogen and oxygen atoms in total. The Kier molecular flexibility index (Phi) is 10.7. The Balaban J connectivity index is 1.69. The number of ether oxygens (including phenoxy) is 1. The number of aromatic hydroxyl groups is 1. The van der Waals surface area contributed by atoms with Crippen LogP contribution in [-0.2, 0) is 6.54 Å². The molecular formula is C24H33BrNO2+. The average Bonchev–Trinajstić information content (AvgIpc) is 2.73. The minimum atomic E-state index is 0.162. The van der Waals surface area contributed by atoms with Gasteiger partial charge in [-0.1, -0.05) is 66.3 Å². The molecule has 0 aliphatic carbocycles.